The van der Waals surface area contributed by atoms with Crippen LogP contribution in [0.5, 0.6) is 0 Å². The summed E-state index contributed by atoms with van der Waals surface area (Å²) < 4.78 is 67.9. The van der Waals surface area contributed by atoms with Gasteiger partial charge in [-0.05, 0) is 0 Å². The Morgan fingerprint density at radius 2 is 0.828 bits per heavy atom. The predicted octanol–water partition coefficient (Wildman–Crippen LogP) is -15.3. The number of halogens is 2. The smallest absolute Gasteiger partial charge is 0.412 e. The second-order valence-electron chi connectivity index (χ2n) is 2.49. The second-order valence-corrected chi connectivity index (χ2v) is 4.00. The van der Waals surface area contributed by atoms with E-state index in [1.165, 1.54) is 0 Å². The first-order chi connectivity index (χ1) is 11.3. The number of hydrazine groups is 2. The monoisotopic (exact) mass is 535 g/mol. The van der Waals surface area contributed by atoms with Crippen LogP contribution >= 0.6 is 0 Å². The number of guanidine groups is 2. The van der Waals surface area contributed by atoms with Gasteiger partial charge in [-0.15, -0.1) is 20.5 Å². The van der Waals surface area contributed by atoms with Crippen molar-refractivity contribution in [3.8, 4) is 0 Å². The van der Waals surface area contributed by atoms with Crippen molar-refractivity contribution in [1.29, 1.82) is 0 Å². The van der Waals surface area contributed by atoms with E-state index in [4.69, 9.17) is 48.7 Å². The Kier molecular flexibility index (Phi) is 37.7. The third-order valence-corrected chi connectivity index (χ3v) is 0.675. The quantitative estimate of drug-likeness (QED) is 0.0475. The second kappa shape index (κ2) is 24.0. The molecule has 0 spiro atoms. The summed E-state index contributed by atoms with van der Waals surface area (Å²) in [5, 5.41) is 22.1. The first-order valence-electron chi connectivity index (χ1n) is 4.47. The molecule has 0 aliphatic rings. The number of rotatable bonds is 2. The molecular formula is C2H14Cl2CuN10O14. The molecule has 27 heteroatoms. The molecule has 24 nitrogen and oxygen atoms in total. The summed E-state index contributed by atoms with van der Waals surface area (Å²) >= 11 is 0. The molecule has 0 unspecified atom stereocenters. The average Bonchev–Trinajstić information content (AvgIpc) is 2.33. The maximum absolute atomic E-state index is 9.41. The molecule has 0 aromatic carbocycles. The zero-order chi connectivity index (χ0) is 22.1. The van der Waals surface area contributed by atoms with Gasteiger partial charge in [0.15, 0.2) is 10.1 Å². The minimum absolute atomic E-state index is 0. The van der Waals surface area contributed by atoms with E-state index in [2.05, 4.69) is 21.9 Å². The fourth-order valence-electron chi connectivity index (χ4n) is 0.234. The first kappa shape index (κ1) is 45.6. The Morgan fingerprint density at radius 3 is 0.862 bits per heavy atom. The number of nitro groups is 2. The van der Waals surface area contributed by atoms with Gasteiger partial charge < -0.3 is 22.4 Å². The van der Waals surface area contributed by atoms with Gasteiger partial charge in [0, 0.05) is 0 Å². The van der Waals surface area contributed by atoms with Crippen molar-refractivity contribution in [3.05, 3.63) is 20.2 Å². The fourth-order valence-corrected chi connectivity index (χ4v) is 0.234. The Balaban J connectivity index is -0.0000000440. The molecule has 0 aliphatic carbocycles. The number of nitrogens with two attached hydrogens (primary N) is 4. The van der Waals surface area contributed by atoms with E-state index in [9.17, 15) is 20.2 Å². The summed E-state index contributed by atoms with van der Waals surface area (Å²) in [6, 6.07) is 0. The molecule has 29 heavy (non-hydrogen) atoms. The van der Waals surface area contributed by atoms with Crippen LogP contribution in [0.4, 0.5) is 0 Å². The van der Waals surface area contributed by atoms with Crippen molar-refractivity contribution in [1.82, 2.24) is 10.9 Å². The van der Waals surface area contributed by atoms with Gasteiger partial charge >= 0.3 is 17.1 Å². The molecule has 0 rings (SSSR count). The zero-order valence-electron chi connectivity index (χ0n) is 13.1. The fraction of sp³-hybridized carbons (Fsp3) is 0. The first-order valence-corrected chi connectivity index (χ1v) is 6.94. The number of nitrogens with one attached hydrogen (secondary N) is 2. The van der Waals surface area contributed by atoms with Gasteiger partial charge in [-0.2, -0.15) is 0 Å². The Labute approximate surface area is 172 Å². The SMILES string of the molecule is NN/C(N)=N/[N+](=O)[O-].NN/C(N)=N/[N+](=O)[O-].O.O.[Cu+2].[O-][Cl+3]([O-])([O-])[O-].[O-][Cl+3]([O-])([O-])[O-]. The third kappa shape index (κ3) is 150. The van der Waals surface area contributed by atoms with Crippen LogP contribution < -0.4 is 71.3 Å². The topological polar surface area (TPSA) is 487 Å². The Morgan fingerprint density at radius 1 is 0.690 bits per heavy atom. The van der Waals surface area contributed by atoms with Crippen molar-refractivity contribution < 1.29 is 95.8 Å². The van der Waals surface area contributed by atoms with Crippen LogP contribution in [0.15, 0.2) is 10.2 Å². The molecule has 0 aromatic heterocycles. The number of hydrogen-bond donors (Lipinski definition) is 6. The van der Waals surface area contributed by atoms with Crippen molar-refractivity contribution in [3.63, 3.8) is 0 Å². The molecule has 181 valence electrons. The molecule has 0 aromatic rings. The molecular weight excluding hydrogens is 523 g/mol. The summed E-state index contributed by atoms with van der Waals surface area (Å²) in [5.41, 5.74) is 13.1. The number of hydrazone groups is 2. The molecule has 1 radical (unpaired) electrons. The molecule has 0 aliphatic heterocycles. The zero-order valence-corrected chi connectivity index (χ0v) is 15.5. The third-order valence-electron chi connectivity index (χ3n) is 0.675. The maximum atomic E-state index is 9.41. The largest absolute Gasteiger partial charge is 2.00 e. The normalized spacial score (nSPS) is 10.1. The summed E-state index contributed by atoms with van der Waals surface area (Å²) in [4.78, 5) is 18.8. The molecule has 0 saturated carbocycles. The molecule has 0 amide bonds. The van der Waals surface area contributed by atoms with Crippen LogP contribution in [0.2, 0.25) is 0 Å². The predicted molar refractivity (Wildman–Crippen MR) is 59.1 cm³/mol. The van der Waals surface area contributed by atoms with Crippen LogP contribution in [0, 0.1) is 40.7 Å². The molecule has 0 atom stereocenters. The molecule has 0 bridgehead atoms. The van der Waals surface area contributed by atoms with Gasteiger partial charge in [0.2, 0.25) is 0 Å². The van der Waals surface area contributed by atoms with Gasteiger partial charge in [0.25, 0.3) is 11.9 Å². The van der Waals surface area contributed by atoms with Gasteiger partial charge in [0.05, 0.1) is 0 Å². The van der Waals surface area contributed by atoms with Crippen molar-refractivity contribution in [2.24, 2.45) is 33.4 Å². The van der Waals surface area contributed by atoms with E-state index in [1.54, 1.807) is 10.9 Å². The van der Waals surface area contributed by atoms with E-state index in [-0.39, 0.29) is 28.0 Å². The van der Waals surface area contributed by atoms with Gasteiger partial charge in [-0.3, -0.25) is 10.9 Å². The van der Waals surface area contributed by atoms with Gasteiger partial charge in [-0.1, -0.05) is 0 Å². The van der Waals surface area contributed by atoms with Crippen LogP contribution in [0.1, 0.15) is 0 Å². The summed E-state index contributed by atoms with van der Waals surface area (Å²) in [5.74, 6) is 8.38. The molecule has 0 fully saturated rings. The summed E-state index contributed by atoms with van der Waals surface area (Å²) in [6.45, 7) is 0. The Bertz CT molecular complexity index is 410. The average molecular weight is 537 g/mol. The van der Waals surface area contributed by atoms with E-state index < -0.39 is 42.5 Å². The maximum Gasteiger partial charge on any atom is 2.00 e. The van der Waals surface area contributed by atoms with Crippen molar-refractivity contribution >= 4 is 11.9 Å². The standard InChI is InChI=1S/2CH5N5O2.2ClHO4.Cu.2H2O/c2*2-1(4-3)5-6(7)8;2*2-1(3,4)5;;;/h2*3H2,(H3,2,4,5);2*(H,2,3,4,5);;2*1H2/q;;;;+2;;/p-2. The summed E-state index contributed by atoms with van der Waals surface area (Å²) in [7, 11) is -9.89. The van der Waals surface area contributed by atoms with Crippen molar-refractivity contribution in [2.45, 2.75) is 0 Å². The van der Waals surface area contributed by atoms with Crippen LogP contribution in [0.3, 0.4) is 0 Å². The Hall–Kier alpha value is -2.04. The van der Waals surface area contributed by atoms with Crippen LogP contribution in [0.25, 0.3) is 0 Å². The number of hydrogen-bond acceptors (Lipinski definition) is 14. The number of nitrogens with zero attached hydrogens (tertiary/aromatic N) is 4. The minimum Gasteiger partial charge on any atom is -0.412 e. The van der Waals surface area contributed by atoms with Crippen LogP contribution in [-0.4, -0.2) is 32.9 Å². The van der Waals surface area contributed by atoms with E-state index in [0.717, 1.165) is 0 Å². The van der Waals surface area contributed by atoms with E-state index in [0.29, 0.717) is 0 Å². The van der Waals surface area contributed by atoms with Crippen molar-refractivity contribution in [2.75, 3.05) is 0 Å². The molecule has 14 N–H and O–H groups in total. The van der Waals surface area contributed by atoms with E-state index >= 15 is 0 Å². The van der Waals surface area contributed by atoms with Gasteiger partial charge in [0.1, 0.15) is 10.2 Å². The van der Waals surface area contributed by atoms with E-state index in [1.807, 2.05) is 0 Å². The van der Waals surface area contributed by atoms with Gasteiger partial charge in [-0.25, -0.2) is 69.2 Å². The molecule has 0 heterocycles. The minimum atomic E-state index is -4.94. The van der Waals surface area contributed by atoms with Crippen LogP contribution in [-0.2, 0) is 17.1 Å². The summed E-state index contributed by atoms with van der Waals surface area (Å²) in [6.07, 6.45) is 0. The molecule has 0 saturated heterocycles.